The predicted octanol–water partition coefficient (Wildman–Crippen LogP) is 6.63. The lowest BCUT2D eigenvalue weighted by Gasteiger charge is -2.34. The molecule has 2 aromatic carbocycles. The van der Waals surface area contributed by atoms with Crippen LogP contribution in [0.25, 0.3) is 0 Å². The number of rotatable bonds is 6. The molecule has 11 heteroatoms. The zero-order chi connectivity index (χ0) is 27.4. The van der Waals surface area contributed by atoms with Crippen molar-refractivity contribution in [2.75, 3.05) is 41.0 Å². The second-order valence-corrected chi connectivity index (χ2v) is 10.9. The van der Waals surface area contributed by atoms with E-state index in [1.165, 1.54) is 0 Å². The van der Waals surface area contributed by atoms with Crippen LogP contribution >= 0.6 is 23.8 Å². The van der Waals surface area contributed by atoms with Crippen molar-refractivity contribution in [1.82, 2.24) is 5.32 Å². The van der Waals surface area contributed by atoms with E-state index in [-0.39, 0.29) is 18.7 Å². The Bertz CT molecular complexity index is 1130. The molecule has 37 heavy (non-hydrogen) atoms. The van der Waals surface area contributed by atoms with Crippen LogP contribution < -0.4 is 26.2 Å². The summed E-state index contributed by atoms with van der Waals surface area (Å²) in [5.74, 6) is -1.31. The molecule has 1 aliphatic rings. The maximum Gasteiger partial charge on any atom is 0.391 e. The quantitative estimate of drug-likeness (QED) is 0.300. The van der Waals surface area contributed by atoms with Crippen molar-refractivity contribution in [2.24, 2.45) is 11.3 Å². The topological polar surface area (TPSA) is 68.4 Å². The van der Waals surface area contributed by atoms with Gasteiger partial charge in [0.1, 0.15) is 0 Å². The molecule has 202 valence electrons. The number of nitrogens with zero attached hydrogens (tertiary/aromatic N) is 1. The summed E-state index contributed by atoms with van der Waals surface area (Å²) in [7, 11) is 1.78. The highest BCUT2D eigenvalue weighted by Crippen LogP contribution is 2.36. The van der Waals surface area contributed by atoms with Crippen molar-refractivity contribution in [3.05, 3.63) is 47.0 Å². The summed E-state index contributed by atoms with van der Waals surface area (Å²) in [4.78, 5) is 14.1. The molecule has 1 aliphatic heterocycles. The van der Waals surface area contributed by atoms with E-state index in [4.69, 9.17) is 23.8 Å². The third kappa shape index (κ3) is 7.88. The minimum Gasteiger partial charge on any atom is -0.386 e. The third-order valence-electron chi connectivity index (χ3n) is 6.26. The minimum atomic E-state index is -4.15. The third-order valence-corrected chi connectivity index (χ3v) is 6.79. The molecule has 1 fully saturated rings. The van der Waals surface area contributed by atoms with Gasteiger partial charge in [-0.05, 0) is 61.0 Å². The summed E-state index contributed by atoms with van der Waals surface area (Å²) in [6.07, 6.45) is -4.00. The van der Waals surface area contributed by atoms with E-state index in [2.05, 4.69) is 21.3 Å². The number of benzene rings is 2. The normalized spacial score (nSPS) is 14.8. The number of carbonyl (C=O) groups is 1. The van der Waals surface area contributed by atoms with E-state index < -0.39 is 17.5 Å². The number of hydrogen-bond donors (Lipinski definition) is 4. The largest absolute Gasteiger partial charge is 0.391 e. The summed E-state index contributed by atoms with van der Waals surface area (Å²) < 4.78 is 39.1. The Morgan fingerprint density at radius 1 is 1.03 bits per heavy atom. The van der Waals surface area contributed by atoms with Crippen LogP contribution in [-0.4, -0.2) is 37.3 Å². The Morgan fingerprint density at radius 2 is 1.68 bits per heavy atom. The Hall–Kier alpha value is -2.72. The minimum absolute atomic E-state index is 0.0590. The summed E-state index contributed by atoms with van der Waals surface area (Å²) in [5.41, 5.74) is 3.22. The molecule has 0 unspecified atom stereocenters. The molecular formula is C26H33ClF3N5OS. The maximum absolute atomic E-state index is 13.0. The highest BCUT2D eigenvalue weighted by molar-refractivity contribution is 7.80. The van der Waals surface area contributed by atoms with Crippen LogP contribution in [0, 0.1) is 11.3 Å². The van der Waals surface area contributed by atoms with Crippen LogP contribution in [0.2, 0.25) is 5.02 Å². The van der Waals surface area contributed by atoms with Gasteiger partial charge in [-0.1, -0.05) is 38.4 Å². The molecule has 1 saturated heterocycles. The number of hydrogen-bond acceptors (Lipinski definition) is 4. The number of thiocarbonyl (C=S) groups is 1. The summed E-state index contributed by atoms with van der Waals surface area (Å²) in [6, 6.07) is 11.0. The van der Waals surface area contributed by atoms with Gasteiger partial charge in [-0.3, -0.25) is 4.79 Å². The van der Waals surface area contributed by atoms with E-state index in [0.717, 1.165) is 16.9 Å². The molecule has 0 radical (unpaired) electrons. The zero-order valence-corrected chi connectivity index (χ0v) is 22.9. The predicted molar refractivity (Wildman–Crippen MR) is 150 cm³/mol. The van der Waals surface area contributed by atoms with Crippen molar-refractivity contribution in [3.63, 3.8) is 0 Å². The van der Waals surface area contributed by atoms with Gasteiger partial charge in [0.05, 0.1) is 28.0 Å². The van der Waals surface area contributed by atoms with Crippen molar-refractivity contribution in [1.29, 1.82) is 0 Å². The van der Waals surface area contributed by atoms with Crippen LogP contribution in [0.4, 0.5) is 35.9 Å². The highest BCUT2D eigenvalue weighted by Gasteiger charge is 2.41. The number of amides is 1. The average molecular weight is 556 g/mol. The summed E-state index contributed by atoms with van der Waals surface area (Å²) >= 11 is 11.9. The highest BCUT2D eigenvalue weighted by atomic mass is 35.5. The van der Waals surface area contributed by atoms with Gasteiger partial charge >= 0.3 is 6.18 Å². The average Bonchev–Trinajstić information content (AvgIpc) is 2.83. The van der Waals surface area contributed by atoms with Crippen molar-refractivity contribution >= 4 is 57.6 Å². The van der Waals surface area contributed by atoms with E-state index >= 15 is 0 Å². The first-order valence-corrected chi connectivity index (χ1v) is 12.8. The van der Waals surface area contributed by atoms with E-state index in [0.29, 0.717) is 41.1 Å². The van der Waals surface area contributed by atoms with E-state index in [1.54, 1.807) is 13.1 Å². The van der Waals surface area contributed by atoms with Crippen LogP contribution in [0.5, 0.6) is 0 Å². The SMILES string of the molecule is CNc1ccc(N2CCC(C(F)(F)F)CC2)cc1NC(=S)Nc1cc(CNC(=O)C(C)(C)C)ccc1Cl. The molecule has 6 nitrogen and oxygen atoms in total. The Balaban J connectivity index is 1.68. The van der Waals surface area contributed by atoms with Gasteiger partial charge in [-0.15, -0.1) is 0 Å². The number of anilines is 4. The molecular weight excluding hydrogens is 523 g/mol. The number of alkyl halides is 3. The second kappa shape index (κ2) is 11.8. The lowest BCUT2D eigenvalue weighted by atomic mass is 9.95. The number of carbonyl (C=O) groups excluding carboxylic acids is 1. The molecule has 3 rings (SSSR count). The molecule has 0 spiro atoms. The van der Waals surface area contributed by atoms with Crippen LogP contribution in [0.1, 0.15) is 39.2 Å². The van der Waals surface area contributed by atoms with Gasteiger partial charge in [0.2, 0.25) is 5.91 Å². The summed E-state index contributed by atoms with van der Waals surface area (Å²) in [6.45, 7) is 6.55. The van der Waals surface area contributed by atoms with Gasteiger partial charge < -0.3 is 26.2 Å². The number of halogens is 4. The smallest absolute Gasteiger partial charge is 0.386 e. The number of piperidine rings is 1. The van der Waals surface area contributed by atoms with Gasteiger partial charge in [-0.2, -0.15) is 13.2 Å². The standard InChI is InChI=1S/C26H33ClF3N5OS/c1-25(2,3)23(36)32-15-16-5-7-19(27)21(13-16)33-24(37)34-22-14-18(6-8-20(22)31-4)35-11-9-17(10-12-35)26(28,29)30/h5-8,13-14,17,31H,9-12,15H2,1-4H3,(H,32,36)(H2,33,34,37). The van der Waals surface area contributed by atoms with Crippen LogP contribution in [0.3, 0.4) is 0 Å². The summed E-state index contributed by atoms with van der Waals surface area (Å²) in [5, 5.41) is 13.0. The molecule has 0 bridgehead atoms. The molecule has 4 N–H and O–H groups in total. The van der Waals surface area contributed by atoms with E-state index in [1.807, 2.05) is 56.0 Å². The van der Waals surface area contributed by atoms with E-state index in [9.17, 15) is 18.0 Å². The van der Waals surface area contributed by atoms with Crippen LogP contribution in [-0.2, 0) is 11.3 Å². The Labute approximate surface area is 226 Å². The molecule has 0 atom stereocenters. The van der Waals surface area contributed by atoms with Crippen LogP contribution in [0.15, 0.2) is 36.4 Å². The van der Waals surface area contributed by atoms with Crippen molar-refractivity contribution < 1.29 is 18.0 Å². The van der Waals surface area contributed by atoms with Gasteiger partial charge in [-0.25, -0.2) is 0 Å². The molecule has 0 aliphatic carbocycles. The number of nitrogens with one attached hydrogen (secondary N) is 4. The molecule has 0 saturated carbocycles. The zero-order valence-electron chi connectivity index (χ0n) is 21.4. The van der Waals surface area contributed by atoms with Gasteiger partial charge in [0, 0.05) is 37.8 Å². The molecule has 2 aromatic rings. The van der Waals surface area contributed by atoms with Gasteiger partial charge in [0.25, 0.3) is 0 Å². The fourth-order valence-electron chi connectivity index (χ4n) is 4.02. The second-order valence-electron chi connectivity index (χ2n) is 10.1. The lowest BCUT2D eigenvalue weighted by Crippen LogP contribution is -2.39. The fourth-order valence-corrected chi connectivity index (χ4v) is 4.40. The molecule has 1 heterocycles. The first kappa shape index (κ1) is 28.8. The Kier molecular flexibility index (Phi) is 9.18. The molecule has 0 aromatic heterocycles. The molecule has 1 amide bonds. The lowest BCUT2D eigenvalue weighted by molar-refractivity contribution is -0.179. The Morgan fingerprint density at radius 3 is 2.27 bits per heavy atom. The van der Waals surface area contributed by atoms with Crippen molar-refractivity contribution in [3.8, 4) is 0 Å². The monoisotopic (exact) mass is 555 g/mol. The first-order valence-electron chi connectivity index (χ1n) is 12.1. The van der Waals surface area contributed by atoms with Crippen molar-refractivity contribution in [2.45, 2.75) is 46.3 Å². The fraction of sp³-hybridized carbons (Fsp3) is 0.462. The maximum atomic E-state index is 13.0. The van der Waals surface area contributed by atoms with Gasteiger partial charge in [0.15, 0.2) is 5.11 Å². The first-order chi connectivity index (χ1) is 17.3.